The number of Topliss-reactive ketones (excluding diaryl/α,β-unsaturated/α-hetero) is 1. The van der Waals surface area contributed by atoms with E-state index in [1.54, 1.807) is 0 Å². The summed E-state index contributed by atoms with van der Waals surface area (Å²) in [7, 11) is 0. The molecule has 1 N–H and O–H groups in total. The Morgan fingerprint density at radius 3 is 1.00 bits per heavy atom. The van der Waals surface area contributed by atoms with Gasteiger partial charge in [0.15, 0.2) is 11.5 Å². The van der Waals surface area contributed by atoms with E-state index < -0.39 is 41.6 Å². The van der Waals surface area contributed by atoms with Crippen LogP contribution in [0.25, 0.3) is 0 Å². The molecule has 2 unspecified atom stereocenters. The Morgan fingerprint density at radius 1 is 0.414 bits per heavy atom. The molecule has 0 aliphatic carbocycles. The standard InChI is InChI=1S/C50H94O8/c1-42(2)35-29-23-17-11-8-14-20-26-32-38-56-46(52)41-50(55,49(54)58-40-34-28-22-16-10-13-19-25-31-37-44(5)6)47(45(7)51)48(53)57-39-33-27-21-15-9-12-18-24-30-36-43(3)4/h42-44,47,55H,8-41H2,1-7H3. The lowest BCUT2D eigenvalue weighted by Gasteiger charge is -2.30. The molecule has 0 aliphatic heterocycles. The molecule has 8 heteroatoms. The highest BCUT2D eigenvalue weighted by Gasteiger charge is 2.54. The monoisotopic (exact) mass is 823 g/mol. The van der Waals surface area contributed by atoms with Gasteiger partial charge in [0.05, 0.1) is 26.2 Å². The van der Waals surface area contributed by atoms with Crippen LogP contribution in [0.4, 0.5) is 0 Å². The van der Waals surface area contributed by atoms with Crippen LogP contribution in [0, 0.1) is 23.7 Å². The largest absolute Gasteiger partial charge is 0.466 e. The minimum atomic E-state index is -2.71. The van der Waals surface area contributed by atoms with Gasteiger partial charge in [0, 0.05) is 0 Å². The molecular weight excluding hydrogens is 729 g/mol. The zero-order valence-electron chi connectivity index (χ0n) is 39.2. The van der Waals surface area contributed by atoms with Crippen molar-refractivity contribution in [1.29, 1.82) is 0 Å². The van der Waals surface area contributed by atoms with Crippen LogP contribution in [-0.4, -0.2) is 54.2 Å². The van der Waals surface area contributed by atoms with Crippen LogP contribution in [0.15, 0.2) is 0 Å². The molecule has 0 aromatic carbocycles. The molecule has 2 atom stereocenters. The third-order valence-corrected chi connectivity index (χ3v) is 11.4. The Kier molecular flexibility index (Phi) is 36.7. The summed E-state index contributed by atoms with van der Waals surface area (Å²) < 4.78 is 16.3. The molecule has 8 nitrogen and oxygen atoms in total. The van der Waals surface area contributed by atoms with Crippen molar-refractivity contribution in [3.63, 3.8) is 0 Å². The number of ether oxygens (including phenoxy) is 3. The van der Waals surface area contributed by atoms with Gasteiger partial charge < -0.3 is 19.3 Å². The van der Waals surface area contributed by atoms with Gasteiger partial charge >= 0.3 is 17.9 Å². The van der Waals surface area contributed by atoms with Crippen LogP contribution in [0.1, 0.15) is 248 Å². The number of carbonyl (C=O) groups is 4. The molecule has 0 aliphatic rings. The smallest absolute Gasteiger partial charge is 0.340 e. The maximum Gasteiger partial charge on any atom is 0.340 e. The molecule has 0 fully saturated rings. The van der Waals surface area contributed by atoms with Crippen molar-refractivity contribution in [1.82, 2.24) is 0 Å². The quantitative estimate of drug-likeness (QED) is 0.0280. The zero-order chi connectivity index (χ0) is 43.3. The number of rotatable bonds is 42. The fourth-order valence-corrected chi connectivity index (χ4v) is 7.67. The first-order valence-electron chi connectivity index (χ1n) is 24.5. The van der Waals surface area contributed by atoms with Crippen LogP contribution in [0.2, 0.25) is 0 Å². The zero-order valence-corrected chi connectivity index (χ0v) is 39.2. The Balaban J connectivity index is 4.93. The van der Waals surface area contributed by atoms with Crippen molar-refractivity contribution < 1.29 is 38.5 Å². The third kappa shape index (κ3) is 32.8. The van der Waals surface area contributed by atoms with Crippen LogP contribution >= 0.6 is 0 Å². The van der Waals surface area contributed by atoms with Crippen molar-refractivity contribution >= 4 is 23.7 Å². The van der Waals surface area contributed by atoms with Crippen molar-refractivity contribution in [3.05, 3.63) is 0 Å². The number of aliphatic hydroxyl groups is 1. The van der Waals surface area contributed by atoms with Gasteiger partial charge in [-0.3, -0.25) is 14.4 Å². The Morgan fingerprint density at radius 2 is 0.690 bits per heavy atom. The van der Waals surface area contributed by atoms with E-state index in [1.807, 2.05) is 0 Å². The van der Waals surface area contributed by atoms with E-state index in [0.29, 0.717) is 19.3 Å². The van der Waals surface area contributed by atoms with Gasteiger partial charge in [-0.15, -0.1) is 0 Å². The first-order valence-corrected chi connectivity index (χ1v) is 24.5. The minimum absolute atomic E-state index is 0.0287. The second-order valence-corrected chi connectivity index (χ2v) is 18.8. The van der Waals surface area contributed by atoms with Crippen LogP contribution in [0.3, 0.4) is 0 Å². The Bertz CT molecular complexity index is 1010. The van der Waals surface area contributed by atoms with E-state index in [4.69, 9.17) is 14.2 Å². The maximum atomic E-state index is 13.5. The number of hydrogen-bond donors (Lipinski definition) is 1. The summed E-state index contributed by atoms with van der Waals surface area (Å²) in [6.45, 7) is 15.0. The number of ketones is 1. The second kappa shape index (κ2) is 38.0. The predicted octanol–water partition coefficient (Wildman–Crippen LogP) is 13.6. The molecule has 0 aromatic rings. The fraction of sp³-hybridized carbons (Fsp3) is 0.920. The summed E-state index contributed by atoms with van der Waals surface area (Å²) in [6.07, 6.45) is 32.9. The van der Waals surface area contributed by atoms with E-state index in [-0.39, 0.29) is 19.8 Å². The highest BCUT2D eigenvalue weighted by Crippen LogP contribution is 2.28. The average Bonchev–Trinajstić information content (AvgIpc) is 3.15. The molecule has 0 saturated carbocycles. The molecule has 342 valence electrons. The lowest BCUT2D eigenvalue weighted by molar-refractivity contribution is -0.187. The molecule has 0 bridgehead atoms. The lowest BCUT2D eigenvalue weighted by Crippen LogP contribution is -2.55. The van der Waals surface area contributed by atoms with Crippen LogP contribution in [0.5, 0.6) is 0 Å². The number of esters is 3. The van der Waals surface area contributed by atoms with Gasteiger partial charge in [-0.05, 0) is 43.9 Å². The lowest BCUT2D eigenvalue weighted by atomic mass is 9.81. The summed E-state index contributed by atoms with van der Waals surface area (Å²) in [5, 5.41) is 11.8. The molecular formula is C50H94O8. The SMILES string of the molecule is CC(=O)C(C(=O)OCCCCCCCCCCCC(C)C)C(O)(CC(=O)OCCCCCCCCCCCC(C)C)C(=O)OCCCCCCCCCCCC(C)C. The summed E-state index contributed by atoms with van der Waals surface area (Å²) in [5.41, 5.74) is -2.71. The van der Waals surface area contributed by atoms with Gasteiger partial charge in [-0.2, -0.15) is 0 Å². The van der Waals surface area contributed by atoms with Crippen molar-refractivity contribution in [2.24, 2.45) is 23.7 Å². The fourth-order valence-electron chi connectivity index (χ4n) is 7.67. The molecule has 0 radical (unpaired) electrons. The van der Waals surface area contributed by atoms with E-state index in [9.17, 15) is 24.3 Å². The third-order valence-electron chi connectivity index (χ3n) is 11.4. The molecule has 58 heavy (non-hydrogen) atoms. The average molecular weight is 823 g/mol. The molecule has 0 spiro atoms. The molecule has 0 heterocycles. The van der Waals surface area contributed by atoms with Crippen molar-refractivity contribution in [2.45, 2.75) is 253 Å². The summed E-state index contributed by atoms with van der Waals surface area (Å²) >= 11 is 0. The summed E-state index contributed by atoms with van der Waals surface area (Å²) in [4.78, 5) is 52.8. The summed E-state index contributed by atoms with van der Waals surface area (Å²) in [6, 6.07) is 0. The van der Waals surface area contributed by atoms with E-state index in [0.717, 1.165) is 82.5 Å². The molecule has 0 aromatic heterocycles. The van der Waals surface area contributed by atoms with Gasteiger partial charge in [0.1, 0.15) is 5.78 Å². The van der Waals surface area contributed by atoms with Crippen molar-refractivity contribution in [3.8, 4) is 0 Å². The number of unbranched alkanes of at least 4 members (excludes halogenated alkanes) is 24. The first-order chi connectivity index (χ1) is 27.8. The number of carbonyl (C=O) groups excluding carboxylic acids is 4. The highest BCUT2D eigenvalue weighted by atomic mass is 16.6. The predicted molar refractivity (Wildman–Crippen MR) is 240 cm³/mol. The highest BCUT2D eigenvalue weighted by molar-refractivity contribution is 6.05. The summed E-state index contributed by atoms with van der Waals surface area (Å²) in [5.74, 6) is -3.33. The maximum absolute atomic E-state index is 13.5. The molecule has 0 amide bonds. The van der Waals surface area contributed by atoms with Gasteiger partial charge in [-0.25, -0.2) is 4.79 Å². The van der Waals surface area contributed by atoms with Gasteiger partial charge in [0.25, 0.3) is 0 Å². The molecule has 0 rings (SSSR count). The second-order valence-electron chi connectivity index (χ2n) is 18.8. The van der Waals surface area contributed by atoms with E-state index in [1.165, 1.54) is 116 Å². The Labute approximate surface area is 357 Å². The molecule has 0 saturated heterocycles. The van der Waals surface area contributed by atoms with Crippen LogP contribution in [-0.2, 0) is 33.4 Å². The minimum Gasteiger partial charge on any atom is -0.466 e. The van der Waals surface area contributed by atoms with E-state index >= 15 is 0 Å². The van der Waals surface area contributed by atoms with Gasteiger partial charge in [-0.1, -0.05) is 215 Å². The topological polar surface area (TPSA) is 116 Å². The first kappa shape index (κ1) is 56.0. The van der Waals surface area contributed by atoms with Gasteiger partial charge in [0.2, 0.25) is 0 Å². The number of hydrogen-bond acceptors (Lipinski definition) is 8. The normalized spacial score (nSPS) is 13.2. The Hall–Kier alpha value is -1.96. The van der Waals surface area contributed by atoms with Crippen LogP contribution < -0.4 is 0 Å². The van der Waals surface area contributed by atoms with E-state index in [2.05, 4.69) is 41.5 Å². The van der Waals surface area contributed by atoms with Crippen molar-refractivity contribution in [2.75, 3.05) is 19.8 Å².